The van der Waals surface area contributed by atoms with Gasteiger partial charge in [-0.3, -0.25) is 9.59 Å². The van der Waals surface area contributed by atoms with Crippen LogP contribution in [0.1, 0.15) is 77.3 Å². The molecule has 3 heterocycles. The van der Waals surface area contributed by atoms with E-state index in [0.717, 1.165) is 44.3 Å². The van der Waals surface area contributed by atoms with Gasteiger partial charge in [-0.15, -0.1) is 0 Å². The van der Waals surface area contributed by atoms with Crippen molar-refractivity contribution in [2.24, 2.45) is 22.7 Å². The monoisotopic (exact) mass is 626 g/mol. The molecular formula is C35H50N2O8. The lowest BCUT2D eigenvalue weighted by Gasteiger charge is -2.31. The molecule has 6 unspecified atom stereocenters. The minimum absolute atomic E-state index is 0.0588. The number of hydrogen-bond acceptors (Lipinski definition) is 8. The van der Waals surface area contributed by atoms with Crippen molar-refractivity contribution in [3.8, 4) is 5.75 Å². The molecule has 1 saturated carbocycles. The highest BCUT2D eigenvalue weighted by Gasteiger charge is 2.48. The molecule has 1 aromatic carbocycles. The molecule has 2 amide bonds. The Kier molecular flexibility index (Phi) is 10.4. The first-order valence-electron chi connectivity index (χ1n) is 16.5. The van der Waals surface area contributed by atoms with Gasteiger partial charge >= 0.3 is 12.1 Å². The summed E-state index contributed by atoms with van der Waals surface area (Å²) < 4.78 is 29.0. The zero-order valence-electron chi connectivity index (χ0n) is 27.4. The van der Waals surface area contributed by atoms with Crippen LogP contribution in [0.3, 0.4) is 0 Å². The number of nitrogens with one attached hydrogen (secondary N) is 2. The Morgan fingerprint density at radius 1 is 1.11 bits per heavy atom. The number of rotatable bonds is 3. The number of methoxy groups -OCH3 is 1. The number of fused-ring (bicyclic) bond motifs is 13. The number of epoxide rings is 1. The molecule has 2 N–H and O–H groups in total. The highest BCUT2D eigenvalue weighted by molar-refractivity contribution is 5.86. The maximum absolute atomic E-state index is 13.4. The fourth-order valence-corrected chi connectivity index (χ4v) is 6.53. The van der Waals surface area contributed by atoms with Crippen LogP contribution in [-0.4, -0.2) is 69.4 Å². The molecule has 2 fully saturated rings. The highest BCUT2D eigenvalue weighted by Crippen LogP contribution is 2.49. The molecule has 0 aromatic heterocycles. The standard InChI is InChI=1S/C35H50N2O8/c1-22-23-11-13-26-24(19-23)9-8-10-27(26)42-18-7-6-15-35(16-17-35)21-43-33(40)37-30(34(2,3)4)31(39)36-20-25(12-14-28(38)41-5)44-32-29(22)45-32/h6-10,22-23,25,29-30,32H,11-21H2,1-5H3,(H,36,39)(H,37,40). The quantitative estimate of drug-likeness (QED) is 0.211. The van der Waals surface area contributed by atoms with E-state index in [0.29, 0.717) is 25.6 Å². The average molecular weight is 627 g/mol. The van der Waals surface area contributed by atoms with E-state index in [2.05, 4.69) is 47.9 Å². The van der Waals surface area contributed by atoms with E-state index in [4.69, 9.17) is 23.7 Å². The average Bonchev–Trinajstić information content (AvgIpc) is 3.95. The Bertz CT molecular complexity index is 1250. The van der Waals surface area contributed by atoms with E-state index in [-0.39, 0.29) is 42.3 Å². The predicted octanol–water partition coefficient (Wildman–Crippen LogP) is 4.87. The van der Waals surface area contributed by atoms with Crippen molar-refractivity contribution >= 4 is 18.0 Å². The molecule has 5 aliphatic rings. The maximum Gasteiger partial charge on any atom is 0.407 e. The molecule has 4 bridgehead atoms. The lowest BCUT2D eigenvalue weighted by molar-refractivity contribution is -0.141. The molecule has 10 heteroatoms. The summed E-state index contributed by atoms with van der Waals surface area (Å²) in [5.41, 5.74) is 1.98. The summed E-state index contributed by atoms with van der Waals surface area (Å²) in [6.07, 6.45) is 8.86. The Labute approximate surface area is 266 Å². The molecule has 1 spiro atoms. The van der Waals surface area contributed by atoms with Crippen LogP contribution < -0.4 is 15.4 Å². The normalized spacial score (nSPS) is 30.5. The Hall–Kier alpha value is -3.11. The van der Waals surface area contributed by atoms with Crippen LogP contribution in [0.2, 0.25) is 0 Å². The van der Waals surface area contributed by atoms with Gasteiger partial charge in [0.05, 0.1) is 19.8 Å². The number of amides is 2. The van der Waals surface area contributed by atoms with Gasteiger partial charge in [-0.1, -0.05) is 52.0 Å². The summed E-state index contributed by atoms with van der Waals surface area (Å²) in [7, 11) is 1.35. The van der Waals surface area contributed by atoms with Crippen LogP contribution in [0.4, 0.5) is 4.79 Å². The Morgan fingerprint density at radius 2 is 1.91 bits per heavy atom. The highest BCUT2D eigenvalue weighted by atomic mass is 16.8. The van der Waals surface area contributed by atoms with Crippen LogP contribution in [0.5, 0.6) is 5.75 Å². The van der Waals surface area contributed by atoms with Gasteiger partial charge in [0.25, 0.3) is 0 Å². The molecule has 6 rings (SSSR count). The molecule has 1 saturated heterocycles. The lowest BCUT2D eigenvalue weighted by Crippen LogP contribution is -2.54. The fourth-order valence-electron chi connectivity index (χ4n) is 6.53. The molecule has 1 aromatic rings. The number of hydrogen-bond donors (Lipinski definition) is 2. The number of carbonyl (C=O) groups excluding carboxylic acids is 3. The van der Waals surface area contributed by atoms with Gasteiger partial charge in [0.1, 0.15) is 24.5 Å². The van der Waals surface area contributed by atoms with Crippen molar-refractivity contribution in [1.29, 1.82) is 0 Å². The number of carbonyl (C=O) groups is 3. The van der Waals surface area contributed by atoms with E-state index in [9.17, 15) is 14.4 Å². The first kappa shape index (κ1) is 33.3. The lowest BCUT2D eigenvalue weighted by atomic mass is 9.76. The second-order valence-electron chi connectivity index (χ2n) is 14.3. The van der Waals surface area contributed by atoms with Crippen molar-refractivity contribution in [1.82, 2.24) is 10.6 Å². The second kappa shape index (κ2) is 14.1. The van der Waals surface area contributed by atoms with Gasteiger partial charge < -0.3 is 34.3 Å². The number of alkyl carbamates (subject to hydrolysis) is 1. The predicted molar refractivity (Wildman–Crippen MR) is 168 cm³/mol. The van der Waals surface area contributed by atoms with Crippen LogP contribution in [0.15, 0.2) is 30.4 Å². The molecule has 45 heavy (non-hydrogen) atoms. The van der Waals surface area contributed by atoms with Crippen LogP contribution in [0.25, 0.3) is 0 Å². The van der Waals surface area contributed by atoms with Crippen LogP contribution in [0, 0.1) is 22.7 Å². The molecule has 248 valence electrons. The van der Waals surface area contributed by atoms with Crippen molar-refractivity contribution < 1.29 is 38.1 Å². The number of esters is 1. The van der Waals surface area contributed by atoms with Crippen molar-refractivity contribution in [3.05, 3.63) is 41.5 Å². The molecule has 3 aliphatic heterocycles. The first-order valence-corrected chi connectivity index (χ1v) is 16.5. The summed E-state index contributed by atoms with van der Waals surface area (Å²) in [6, 6.07) is 5.50. The van der Waals surface area contributed by atoms with Crippen LogP contribution in [-0.2, 0) is 41.4 Å². The van der Waals surface area contributed by atoms with E-state index in [1.54, 1.807) is 0 Å². The zero-order valence-corrected chi connectivity index (χ0v) is 27.4. The van der Waals surface area contributed by atoms with Gasteiger partial charge in [0.15, 0.2) is 6.29 Å². The van der Waals surface area contributed by atoms with Gasteiger partial charge in [-0.25, -0.2) is 4.79 Å². The topological polar surface area (TPSA) is 125 Å². The van der Waals surface area contributed by atoms with Gasteiger partial charge in [0, 0.05) is 18.4 Å². The summed E-state index contributed by atoms with van der Waals surface area (Å²) >= 11 is 0. The van der Waals surface area contributed by atoms with E-state index in [1.807, 2.05) is 20.8 Å². The molecular weight excluding hydrogens is 576 g/mol. The summed E-state index contributed by atoms with van der Waals surface area (Å²) in [6.45, 7) is 8.83. The summed E-state index contributed by atoms with van der Waals surface area (Å²) in [4.78, 5) is 38.2. The van der Waals surface area contributed by atoms with Gasteiger partial charge in [0.2, 0.25) is 5.91 Å². The largest absolute Gasteiger partial charge is 0.489 e. The second-order valence-corrected chi connectivity index (χ2v) is 14.3. The maximum atomic E-state index is 13.4. The third-order valence-electron chi connectivity index (χ3n) is 9.86. The summed E-state index contributed by atoms with van der Waals surface area (Å²) in [5.74, 6) is 0.977. The molecule has 0 radical (unpaired) electrons. The SMILES string of the molecule is COC(=O)CCC1CNC(=O)C(C(C)(C)C)NC(=O)OCC2(CC=CCOc3cccc4c3CCC(C4)C(C)C3OC3O1)CC2. The zero-order chi connectivity index (χ0) is 32.2. The minimum atomic E-state index is -0.831. The van der Waals surface area contributed by atoms with Gasteiger partial charge in [-0.05, 0) is 79.4 Å². The van der Waals surface area contributed by atoms with Gasteiger partial charge in [-0.2, -0.15) is 0 Å². The minimum Gasteiger partial charge on any atom is -0.489 e. The third-order valence-corrected chi connectivity index (χ3v) is 9.86. The summed E-state index contributed by atoms with van der Waals surface area (Å²) in [5, 5.41) is 5.74. The Balaban J connectivity index is 1.32. The van der Waals surface area contributed by atoms with Crippen molar-refractivity contribution in [2.75, 3.05) is 26.9 Å². The van der Waals surface area contributed by atoms with Crippen LogP contribution >= 0.6 is 0 Å². The van der Waals surface area contributed by atoms with E-state index in [1.165, 1.54) is 18.2 Å². The smallest absolute Gasteiger partial charge is 0.407 e. The molecule has 6 atom stereocenters. The number of ether oxygens (including phenoxy) is 5. The fraction of sp³-hybridized carbons (Fsp3) is 0.686. The first-order chi connectivity index (χ1) is 21.5. The number of benzene rings is 1. The van der Waals surface area contributed by atoms with Crippen molar-refractivity contribution in [3.63, 3.8) is 0 Å². The molecule has 10 nitrogen and oxygen atoms in total. The van der Waals surface area contributed by atoms with Crippen molar-refractivity contribution in [2.45, 2.75) is 104 Å². The Morgan fingerprint density at radius 3 is 2.64 bits per heavy atom. The third kappa shape index (κ3) is 8.79. The van der Waals surface area contributed by atoms with E-state index >= 15 is 0 Å². The number of allylic oxidation sites excluding steroid dienone is 1. The molecule has 2 aliphatic carbocycles. The van der Waals surface area contributed by atoms with E-state index < -0.39 is 29.9 Å².